The zero-order valence-electron chi connectivity index (χ0n) is 11.5. The van der Waals surface area contributed by atoms with Crippen LogP contribution in [0.2, 0.25) is 0 Å². The van der Waals surface area contributed by atoms with Crippen LogP contribution < -0.4 is 5.32 Å². The summed E-state index contributed by atoms with van der Waals surface area (Å²) in [6, 6.07) is 12.5. The lowest BCUT2D eigenvalue weighted by Crippen LogP contribution is -2.36. The number of aliphatic carboxylic acids is 1. The lowest BCUT2D eigenvalue weighted by Gasteiger charge is -2.16. The van der Waals surface area contributed by atoms with Crippen molar-refractivity contribution in [2.45, 2.75) is 25.3 Å². The molecule has 21 heavy (non-hydrogen) atoms. The molecule has 1 aromatic carbocycles. The van der Waals surface area contributed by atoms with Gasteiger partial charge in [-0.3, -0.25) is 9.59 Å². The molecule has 0 aliphatic rings. The largest absolute Gasteiger partial charge is 0.481 e. The van der Waals surface area contributed by atoms with Crippen LogP contribution in [0.15, 0.2) is 53.1 Å². The van der Waals surface area contributed by atoms with E-state index >= 15 is 0 Å². The first kappa shape index (κ1) is 14.8. The normalized spacial score (nSPS) is 11.8. The molecule has 0 bridgehead atoms. The second-order valence-corrected chi connectivity index (χ2v) is 4.77. The maximum atomic E-state index is 11.9. The highest BCUT2D eigenvalue weighted by Gasteiger charge is 2.18. The molecule has 1 atom stereocenters. The zero-order chi connectivity index (χ0) is 15.1. The summed E-state index contributed by atoms with van der Waals surface area (Å²) in [4.78, 5) is 22.8. The summed E-state index contributed by atoms with van der Waals surface area (Å²) in [5.41, 5.74) is 1.11. The van der Waals surface area contributed by atoms with E-state index in [1.165, 1.54) is 6.26 Å². The average molecular weight is 287 g/mol. The number of amides is 1. The first-order valence-corrected chi connectivity index (χ1v) is 6.75. The summed E-state index contributed by atoms with van der Waals surface area (Å²) in [7, 11) is 0. The number of carbonyl (C=O) groups excluding carboxylic acids is 1. The number of benzene rings is 1. The summed E-state index contributed by atoms with van der Waals surface area (Å²) in [5, 5.41) is 11.7. The molecule has 1 amide bonds. The minimum Gasteiger partial charge on any atom is -0.481 e. The Balaban J connectivity index is 1.94. The van der Waals surface area contributed by atoms with Crippen LogP contribution in [0, 0.1) is 0 Å². The summed E-state index contributed by atoms with van der Waals surface area (Å²) in [5.74, 6) is -1.14. The molecule has 1 unspecified atom stereocenters. The summed E-state index contributed by atoms with van der Waals surface area (Å²) in [6.07, 6.45) is 2.56. The Kier molecular flexibility index (Phi) is 5.15. The van der Waals surface area contributed by atoms with Crippen molar-refractivity contribution in [3.8, 4) is 0 Å². The molecule has 2 N–H and O–H groups in total. The van der Waals surface area contributed by atoms with Crippen molar-refractivity contribution in [3.63, 3.8) is 0 Å². The van der Waals surface area contributed by atoms with Crippen LogP contribution in [0.3, 0.4) is 0 Å². The number of hydrogen-bond donors (Lipinski definition) is 2. The van der Waals surface area contributed by atoms with E-state index in [4.69, 9.17) is 9.52 Å². The summed E-state index contributed by atoms with van der Waals surface area (Å²) in [6.45, 7) is 0. The molecule has 1 aromatic heterocycles. The Bertz CT molecular complexity index is 578. The third-order valence-electron chi connectivity index (χ3n) is 3.13. The second-order valence-electron chi connectivity index (χ2n) is 4.77. The van der Waals surface area contributed by atoms with E-state index in [1.807, 2.05) is 30.3 Å². The van der Waals surface area contributed by atoms with Crippen molar-refractivity contribution >= 4 is 11.9 Å². The van der Waals surface area contributed by atoms with Gasteiger partial charge in [-0.2, -0.15) is 0 Å². The van der Waals surface area contributed by atoms with Gasteiger partial charge in [-0.25, -0.2) is 0 Å². The zero-order valence-corrected chi connectivity index (χ0v) is 11.5. The highest BCUT2D eigenvalue weighted by Crippen LogP contribution is 2.09. The van der Waals surface area contributed by atoms with Gasteiger partial charge in [0.15, 0.2) is 5.76 Å². The van der Waals surface area contributed by atoms with Gasteiger partial charge in [0, 0.05) is 6.04 Å². The molecule has 110 valence electrons. The van der Waals surface area contributed by atoms with Crippen molar-refractivity contribution in [2.75, 3.05) is 0 Å². The molecule has 2 rings (SSSR count). The van der Waals surface area contributed by atoms with Crippen LogP contribution in [0.1, 0.15) is 29.0 Å². The molecule has 0 saturated carbocycles. The predicted molar refractivity (Wildman–Crippen MR) is 77.0 cm³/mol. The van der Waals surface area contributed by atoms with Crippen molar-refractivity contribution in [1.29, 1.82) is 0 Å². The fraction of sp³-hybridized carbons (Fsp3) is 0.250. The van der Waals surface area contributed by atoms with Gasteiger partial charge in [0.05, 0.1) is 12.7 Å². The van der Waals surface area contributed by atoms with Crippen molar-refractivity contribution < 1.29 is 19.1 Å². The summed E-state index contributed by atoms with van der Waals surface area (Å²) >= 11 is 0. The molecular formula is C16H17NO4. The third kappa shape index (κ3) is 4.80. The van der Waals surface area contributed by atoms with Crippen molar-refractivity contribution in [1.82, 2.24) is 5.32 Å². The SMILES string of the molecule is O=C(O)CC(CCc1ccccc1)NC(=O)c1ccco1. The Hall–Kier alpha value is -2.56. The number of carboxylic acids is 1. The number of carboxylic acid groups (broad SMARTS) is 1. The minimum atomic E-state index is -0.937. The van der Waals surface area contributed by atoms with Crippen LogP contribution in [0.4, 0.5) is 0 Å². The van der Waals surface area contributed by atoms with Crippen molar-refractivity contribution in [2.24, 2.45) is 0 Å². The van der Waals surface area contributed by atoms with Gasteiger partial charge in [-0.1, -0.05) is 30.3 Å². The quantitative estimate of drug-likeness (QED) is 0.820. The lowest BCUT2D eigenvalue weighted by atomic mass is 10.0. The average Bonchev–Trinajstić information content (AvgIpc) is 2.99. The molecular weight excluding hydrogens is 270 g/mol. The topological polar surface area (TPSA) is 79.5 Å². The van der Waals surface area contributed by atoms with Gasteiger partial charge >= 0.3 is 5.97 Å². The summed E-state index contributed by atoms with van der Waals surface area (Å²) < 4.78 is 5.00. The molecule has 2 aromatic rings. The Labute approximate surface area is 122 Å². The highest BCUT2D eigenvalue weighted by molar-refractivity contribution is 5.91. The van der Waals surface area contributed by atoms with Gasteiger partial charge < -0.3 is 14.8 Å². The molecule has 5 heteroatoms. The fourth-order valence-corrected chi connectivity index (χ4v) is 2.09. The number of aryl methyl sites for hydroxylation is 1. The van der Waals surface area contributed by atoms with Gasteiger partial charge in [0.2, 0.25) is 0 Å². The van der Waals surface area contributed by atoms with Crippen LogP contribution in [-0.4, -0.2) is 23.0 Å². The highest BCUT2D eigenvalue weighted by atomic mass is 16.4. The van der Waals surface area contributed by atoms with Crippen LogP contribution >= 0.6 is 0 Å². The van der Waals surface area contributed by atoms with Gasteiger partial charge in [0.25, 0.3) is 5.91 Å². The molecule has 0 radical (unpaired) electrons. The monoisotopic (exact) mass is 287 g/mol. The molecule has 0 fully saturated rings. The Morgan fingerprint density at radius 1 is 1.14 bits per heavy atom. The van der Waals surface area contributed by atoms with Crippen molar-refractivity contribution in [3.05, 3.63) is 60.1 Å². The molecule has 5 nitrogen and oxygen atoms in total. The maximum absolute atomic E-state index is 11.9. The Morgan fingerprint density at radius 3 is 2.52 bits per heavy atom. The first-order valence-electron chi connectivity index (χ1n) is 6.75. The van der Waals surface area contributed by atoms with E-state index in [1.54, 1.807) is 12.1 Å². The smallest absolute Gasteiger partial charge is 0.305 e. The van der Waals surface area contributed by atoms with Crippen LogP contribution in [-0.2, 0) is 11.2 Å². The van der Waals surface area contributed by atoms with E-state index in [0.717, 1.165) is 5.56 Å². The standard InChI is InChI=1S/C16H17NO4/c18-15(19)11-13(9-8-12-5-2-1-3-6-12)17-16(20)14-7-4-10-21-14/h1-7,10,13H,8-9,11H2,(H,17,20)(H,18,19). The van der Waals surface area contributed by atoms with Crippen LogP contribution in [0.25, 0.3) is 0 Å². The number of furan rings is 1. The third-order valence-corrected chi connectivity index (χ3v) is 3.13. The van der Waals surface area contributed by atoms with E-state index in [2.05, 4.69) is 5.32 Å². The van der Waals surface area contributed by atoms with E-state index < -0.39 is 12.0 Å². The first-order chi connectivity index (χ1) is 10.1. The Morgan fingerprint density at radius 2 is 1.90 bits per heavy atom. The number of rotatable bonds is 7. The molecule has 1 heterocycles. The molecule has 0 saturated heterocycles. The number of carbonyl (C=O) groups is 2. The molecule has 0 aliphatic carbocycles. The lowest BCUT2D eigenvalue weighted by molar-refractivity contribution is -0.137. The van der Waals surface area contributed by atoms with E-state index in [-0.39, 0.29) is 18.1 Å². The predicted octanol–water partition coefficient (Wildman–Crippen LogP) is 2.49. The number of hydrogen-bond acceptors (Lipinski definition) is 3. The van der Waals surface area contributed by atoms with Gasteiger partial charge in [-0.15, -0.1) is 0 Å². The maximum Gasteiger partial charge on any atom is 0.305 e. The van der Waals surface area contributed by atoms with Crippen LogP contribution in [0.5, 0.6) is 0 Å². The van der Waals surface area contributed by atoms with Gasteiger partial charge in [0.1, 0.15) is 0 Å². The van der Waals surface area contributed by atoms with E-state index in [0.29, 0.717) is 12.8 Å². The number of nitrogens with one attached hydrogen (secondary N) is 1. The van der Waals surface area contributed by atoms with Gasteiger partial charge in [-0.05, 0) is 30.5 Å². The minimum absolute atomic E-state index is 0.112. The molecule has 0 spiro atoms. The molecule has 0 aliphatic heterocycles. The fourth-order valence-electron chi connectivity index (χ4n) is 2.09. The second kappa shape index (κ2) is 7.28. The van der Waals surface area contributed by atoms with E-state index in [9.17, 15) is 9.59 Å².